The Kier molecular flexibility index (Phi) is 8.18. The van der Waals surface area contributed by atoms with E-state index in [2.05, 4.69) is 4.98 Å². The Bertz CT molecular complexity index is 594. The molecule has 2 rings (SSSR count). The molecule has 0 aliphatic carbocycles. The van der Waals surface area contributed by atoms with Gasteiger partial charge in [0.15, 0.2) is 0 Å². The first-order valence-corrected chi connectivity index (χ1v) is 8.40. The number of halogens is 2. The Morgan fingerprint density at radius 1 is 1.48 bits per heavy atom. The third-order valence-corrected chi connectivity index (χ3v) is 3.67. The summed E-state index contributed by atoms with van der Waals surface area (Å²) >= 11 is 14.1. The molecule has 1 unspecified atom stereocenters. The molecule has 0 saturated heterocycles. The van der Waals surface area contributed by atoms with Crippen molar-refractivity contribution in [1.29, 1.82) is 0 Å². The molecule has 0 aliphatic heterocycles. The highest BCUT2D eigenvalue weighted by Gasteiger charge is 2.30. The smallest absolute Gasteiger partial charge is 0.291 e. The monoisotopic (exact) mass is 379 g/mol. The van der Waals surface area contributed by atoms with E-state index in [9.17, 15) is 0 Å². The van der Waals surface area contributed by atoms with E-state index in [0.29, 0.717) is 17.4 Å². The third-order valence-electron chi connectivity index (χ3n) is 2.62. The number of alkyl halides is 1. The van der Waals surface area contributed by atoms with Crippen LogP contribution in [0.1, 0.15) is 5.56 Å². The molecule has 1 aromatic carbocycles. The summed E-state index contributed by atoms with van der Waals surface area (Å²) in [5.74, 6) is 0.509. The molecule has 10 heteroatoms. The van der Waals surface area contributed by atoms with Gasteiger partial charge in [-0.2, -0.15) is 0 Å². The Morgan fingerprint density at radius 3 is 2.57 bits per heavy atom. The Hall–Kier alpha value is -1.48. The highest BCUT2D eigenvalue weighted by atomic mass is 35.5. The van der Waals surface area contributed by atoms with Gasteiger partial charge in [-0.3, -0.25) is 4.57 Å². The van der Waals surface area contributed by atoms with Crippen LogP contribution < -0.4 is 0 Å². The van der Waals surface area contributed by atoms with Gasteiger partial charge in [-0.15, -0.1) is 21.9 Å². The standard InChI is InChI=1S/C13H14Cl2N2OS.HNO3/c1-19-10-18-13(15,17-7-6-16-9-17)8-11-2-4-12(14)5-3-11;2-1(3)4/h2-7,9H,8,10H2,1H3;(H,2,3,4). The minimum Gasteiger partial charge on any atom is -0.331 e. The fourth-order valence-corrected chi connectivity index (χ4v) is 2.49. The second kappa shape index (κ2) is 9.61. The van der Waals surface area contributed by atoms with Gasteiger partial charge in [0, 0.05) is 23.8 Å². The molecule has 1 aromatic heterocycles. The molecular formula is C13H15Cl2N3O4S. The summed E-state index contributed by atoms with van der Waals surface area (Å²) < 4.78 is 7.54. The zero-order valence-corrected chi connectivity index (χ0v) is 14.5. The molecule has 23 heavy (non-hydrogen) atoms. The minimum absolute atomic E-state index is 0.509. The van der Waals surface area contributed by atoms with Gasteiger partial charge in [-0.25, -0.2) is 4.98 Å². The van der Waals surface area contributed by atoms with E-state index in [1.54, 1.807) is 35.0 Å². The van der Waals surface area contributed by atoms with Crippen LogP contribution in [-0.4, -0.2) is 32.0 Å². The summed E-state index contributed by atoms with van der Waals surface area (Å²) in [6, 6.07) is 7.57. The van der Waals surface area contributed by atoms with E-state index in [4.69, 9.17) is 43.3 Å². The van der Waals surface area contributed by atoms with Gasteiger partial charge in [-0.05, 0) is 24.0 Å². The van der Waals surface area contributed by atoms with Gasteiger partial charge in [0.05, 0.1) is 12.3 Å². The topological polar surface area (TPSA) is 90.4 Å². The quantitative estimate of drug-likeness (QED) is 0.356. The molecule has 0 bridgehead atoms. The zero-order chi connectivity index (χ0) is 17.3. The van der Waals surface area contributed by atoms with Crippen molar-refractivity contribution in [2.24, 2.45) is 0 Å². The van der Waals surface area contributed by atoms with Crippen molar-refractivity contribution in [2.45, 2.75) is 11.6 Å². The SMILES string of the molecule is CSCOC(Cl)(Cc1ccc(Cl)cc1)n1ccnc1.O=[N+]([O-])O. The van der Waals surface area contributed by atoms with Crippen molar-refractivity contribution in [2.75, 3.05) is 12.2 Å². The lowest BCUT2D eigenvalue weighted by Gasteiger charge is -2.28. The molecule has 2 aromatic rings. The first-order valence-electron chi connectivity index (χ1n) is 6.25. The highest BCUT2D eigenvalue weighted by Crippen LogP contribution is 2.30. The summed E-state index contributed by atoms with van der Waals surface area (Å²) in [6.07, 6.45) is 7.63. The summed E-state index contributed by atoms with van der Waals surface area (Å²) in [4.78, 5) is 12.4. The molecule has 7 nitrogen and oxygen atoms in total. The van der Waals surface area contributed by atoms with E-state index in [1.165, 1.54) is 0 Å². The van der Waals surface area contributed by atoms with Crippen LogP contribution in [0.25, 0.3) is 0 Å². The number of nitrogens with zero attached hydrogens (tertiary/aromatic N) is 3. The van der Waals surface area contributed by atoms with Crippen molar-refractivity contribution in [1.82, 2.24) is 9.55 Å². The maximum absolute atomic E-state index is 8.36. The molecule has 0 radical (unpaired) electrons. The number of hydrogen-bond donors (Lipinski definition) is 1. The third kappa shape index (κ3) is 7.08. The molecule has 1 heterocycles. The Morgan fingerprint density at radius 2 is 2.09 bits per heavy atom. The fourth-order valence-electron chi connectivity index (χ4n) is 1.68. The van der Waals surface area contributed by atoms with Gasteiger partial charge < -0.3 is 9.94 Å². The van der Waals surface area contributed by atoms with E-state index in [0.717, 1.165) is 5.56 Å². The zero-order valence-electron chi connectivity index (χ0n) is 12.1. The predicted octanol–water partition coefficient (Wildman–Crippen LogP) is 3.62. The van der Waals surface area contributed by atoms with Crippen molar-refractivity contribution in [3.05, 3.63) is 63.7 Å². The van der Waals surface area contributed by atoms with Crippen LogP contribution in [-0.2, 0) is 16.3 Å². The molecule has 1 atom stereocenters. The lowest BCUT2D eigenvalue weighted by atomic mass is 10.1. The first-order chi connectivity index (χ1) is 10.9. The molecular weight excluding hydrogens is 365 g/mol. The summed E-state index contributed by atoms with van der Waals surface area (Å²) in [7, 11) is 0. The molecule has 0 amide bonds. The van der Waals surface area contributed by atoms with Crippen molar-refractivity contribution < 1.29 is 15.0 Å². The normalized spacial score (nSPS) is 12.8. The van der Waals surface area contributed by atoms with Crippen LogP contribution >= 0.6 is 35.0 Å². The van der Waals surface area contributed by atoms with Gasteiger partial charge in [-0.1, -0.05) is 35.3 Å². The lowest BCUT2D eigenvalue weighted by molar-refractivity contribution is -0.742. The number of rotatable bonds is 6. The number of ether oxygens (including phenoxy) is 1. The lowest BCUT2D eigenvalue weighted by Crippen LogP contribution is -2.32. The van der Waals surface area contributed by atoms with Crippen molar-refractivity contribution in [3.8, 4) is 0 Å². The Balaban J connectivity index is 0.000000593. The number of hydrogen-bond acceptors (Lipinski definition) is 5. The largest absolute Gasteiger partial charge is 0.331 e. The number of thioether (sulfide) groups is 1. The maximum Gasteiger partial charge on any atom is 0.291 e. The minimum atomic E-state index is -1.50. The van der Waals surface area contributed by atoms with E-state index in [1.807, 2.05) is 30.5 Å². The van der Waals surface area contributed by atoms with E-state index < -0.39 is 10.3 Å². The van der Waals surface area contributed by atoms with E-state index in [-0.39, 0.29) is 0 Å². The Labute approximate surface area is 147 Å². The summed E-state index contributed by atoms with van der Waals surface area (Å²) in [5.41, 5.74) is 1.05. The molecule has 0 saturated carbocycles. The summed E-state index contributed by atoms with van der Waals surface area (Å²) in [6.45, 7) is 0. The second-order valence-electron chi connectivity index (χ2n) is 4.25. The van der Waals surface area contributed by atoms with Gasteiger partial charge >= 0.3 is 0 Å². The maximum atomic E-state index is 8.36. The van der Waals surface area contributed by atoms with Crippen LogP contribution in [0.15, 0.2) is 43.0 Å². The average Bonchev–Trinajstić information content (AvgIpc) is 3.02. The molecule has 0 fully saturated rings. The summed E-state index contributed by atoms with van der Waals surface area (Å²) in [5, 5.41) is 13.4. The molecule has 1 N–H and O–H groups in total. The van der Waals surface area contributed by atoms with Crippen LogP contribution in [0.5, 0.6) is 0 Å². The average molecular weight is 380 g/mol. The van der Waals surface area contributed by atoms with Crippen LogP contribution in [0.4, 0.5) is 0 Å². The van der Waals surface area contributed by atoms with Crippen molar-refractivity contribution in [3.63, 3.8) is 0 Å². The molecule has 126 valence electrons. The number of imidazole rings is 1. The van der Waals surface area contributed by atoms with E-state index >= 15 is 0 Å². The molecule has 0 spiro atoms. The molecule has 0 aliphatic rings. The number of aromatic nitrogens is 2. The van der Waals surface area contributed by atoms with Crippen LogP contribution in [0.2, 0.25) is 5.02 Å². The van der Waals surface area contributed by atoms with Crippen LogP contribution in [0.3, 0.4) is 0 Å². The number of benzene rings is 1. The van der Waals surface area contributed by atoms with Gasteiger partial charge in [0.25, 0.3) is 5.09 Å². The fraction of sp³-hybridized carbons (Fsp3) is 0.308. The van der Waals surface area contributed by atoms with Crippen molar-refractivity contribution >= 4 is 35.0 Å². The van der Waals surface area contributed by atoms with Crippen LogP contribution in [0, 0.1) is 10.1 Å². The van der Waals surface area contributed by atoms with Gasteiger partial charge in [0.2, 0.25) is 5.18 Å². The van der Waals surface area contributed by atoms with Gasteiger partial charge in [0.1, 0.15) is 0 Å². The highest BCUT2D eigenvalue weighted by molar-refractivity contribution is 7.98. The first kappa shape index (κ1) is 19.6. The second-order valence-corrected chi connectivity index (χ2v) is 6.09. The predicted molar refractivity (Wildman–Crippen MR) is 89.5 cm³/mol.